The highest BCUT2D eigenvalue weighted by atomic mass is 32.2. The Morgan fingerprint density at radius 2 is 1.77 bits per heavy atom. The molecule has 1 unspecified atom stereocenters. The molecule has 26 heavy (non-hydrogen) atoms. The number of carbonyl (C=O) groups excluding carboxylic acids is 1. The molecule has 1 aliphatic carbocycles. The Morgan fingerprint density at radius 3 is 2.50 bits per heavy atom. The Kier molecular flexibility index (Phi) is 6.70. The van der Waals surface area contributed by atoms with Crippen molar-refractivity contribution in [2.75, 3.05) is 13.1 Å². The van der Waals surface area contributed by atoms with E-state index in [2.05, 4.69) is 5.32 Å². The predicted molar refractivity (Wildman–Crippen MR) is 102 cm³/mol. The molecule has 3 rings (SSSR count). The van der Waals surface area contributed by atoms with Crippen LogP contribution >= 0.6 is 0 Å². The lowest BCUT2D eigenvalue weighted by Gasteiger charge is -2.24. The minimum absolute atomic E-state index is 0.148. The van der Waals surface area contributed by atoms with Crippen molar-refractivity contribution in [3.8, 4) is 0 Å². The van der Waals surface area contributed by atoms with E-state index < -0.39 is 16.1 Å². The lowest BCUT2D eigenvalue weighted by atomic mass is 9.86. The van der Waals surface area contributed by atoms with Gasteiger partial charge in [0, 0.05) is 13.1 Å². The third-order valence-corrected chi connectivity index (χ3v) is 7.59. The highest BCUT2D eigenvalue weighted by molar-refractivity contribution is 7.89. The van der Waals surface area contributed by atoms with E-state index in [-0.39, 0.29) is 10.8 Å². The van der Waals surface area contributed by atoms with E-state index in [4.69, 9.17) is 0 Å². The van der Waals surface area contributed by atoms with Gasteiger partial charge in [-0.3, -0.25) is 4.79 Å². The van der Waals surface area contributed by atoms with Gasteiger partial charge in [0.25, 0.3) is 0 Å². The maximum atomic E-state index is 12.8. The van der Waals surface area contributed by atoms with Gasteiger partial charge in [-0.15, -0.1) is 0 Å². The fourth-order valence-corrected chi connectivity index (χ4v) is 5.89. The highest BCUT2D eigenvalue weighted by Gasteiger charge is 2.39. The number of rotatable bonds is 7. The lowest BCUT2D eigenvalue weighted by Crippen LogP contribution is -2.46. The number of nitrogens with zero attached hydrogens (tertiary/aromatic N) is 1. The first-order valence-electron chi connectivity index (χ1n) is 9.93. The predicted octanol–water partition coefficient (Wildman–Crippen LogP) is 3.32. The molecule has 1 aromatic carbocycles. The molecule has 6 heteroatoms. The molecule has 1 aliphatic heterocycles. The first-order valence-corrected chi connectivity index (χ1v) is 11.4. The monoisotopic (exact) mass is 378 g/mol. The normalized spacial score (nSPS) is 22.4. The van der Waals surface area contributed by atoms with Crippen molar-refractivity contribution in [3.05, 3.63) is 30.3 Å². The third kappa shape index (κ3) is 4.65. The van der Waals surface area contributed by atoms with Crippen LogP contribution in [0.2, 0.25) is 0 Å². The number of nitrogens with one attached hydrogen (secondary N) is 1. The van der Waals surface area contributed by atoms with Gasteiger partial charge in [-0.1, -0.05) is 50.3 Å². The molecule has 1 amide bonds. The minimum atomic E-state index is -3.61. The topological polar surface area (TPSA) is 66.5 Å². The molecule has 0 aromatic heterocycles. The van der Waals surface area contributed by atoms with Crippen molar-refractivity contribution < 1.29 is 13.2 Å². The number of amides is 1. The van der Waals surface area contributed by atoms with Gasteiger partial charge in [-0.05, 0) is 43.7 Å². The van der Waals surface area contributed by atoms with Gasteiger partial charge in [0.05, 0.1) is 4.90 Å². The summed E-state index contributed by atoms with van der Waals surface area (Å²) in [5.74, 6) is 0.660. The van der Waals surface area contributed by atoms with Crippen LogP contribution in [0, 0.1) is 5.92 Å². The summed E-state index contributed by atoms with van der Waals surface area (Å²) in [6, 6.07) is 7.82. The Balaban J connectivity index is 1.51. The van der Waals surface area contributed by atoms with Gasteiger partial charge in [0.2, 0.25) is 15.9 Å². The Bertz CT molecular complexity index is 684. The third-order valence-electron chi connectivity index (χ3n) is 5.67. The van der Waals surface area contributed by atoms with E-state index >= 15 is 0 Å². The second-order valence-electron chi connectivity index (χ2n) is 7.52. The molecule has 1 saturated carbocycles. The van der Waals surface area contributed by atoms with Gasteiger partial charge in [0.1, 0.15) is 6.04 Å². The summed E-state index contributed by atoms with van der Waals surface area (Å²) in [5.41, 5.74) is 0. The molecule has 1 saturated heterocycles. The number of carbonyl (C=O) groups is 1. The maximum absolute atomic E-state index is 12.8. The molecule has 0 spiro atoms. The van der Waals surface area contributed by atoms with Crippen LogP contribution in [0.4, 0.5) is 0 Å². The van der Waals surface area contributed by atoms with Crippen LogP contribution in [0.1, 0.15) is 57.8 Å². The summed E-state index contributed by atoms with van der Waals surface area (Å²) in [6.07, 6.45) is 10.1. The number of hydrogen-bond donors (Lipinski definition) is 1. The fraction of sp³-hybridized carbons (Fsp3) is 0.650. The number of sulfonamides is 1. The summed E-state index contributed by atoms with van der Waals surface area (Å²) >= 11 is 0. The van der Waals surface area contributed by atoms with E-state index in [9.17, 15) is 13.2 Å². The molecule has 1 atom stereocenters. The Labute approximate surface area is 157 Å². The minimum Gasteiger partial charge on any atom is -0.355 e. The van der Waals surface area contributed by atoms with Crippen LogP contribution in [-0.4, -0.2) is 37.8 Å². The molecule has 0 bridgehead atoms. The molecule has 0 radical (unpaired) electrons. The lowest BCUT2D eigenvalue weighted by molar-refractivity contribution is -0.124. The quantitative estimate of drug-likeness (QED) is 0.740. The molecule has 1 heterocycles. The summed E-state index contributed by atoms with van der Waals surface area (Å²) in [5, 5.41) is 2.97. The fourth-order valence-electron chi connectivity index (χ4n) is 4.21. The maximum Gasteiger partial charge on any atom is 0.243 e. The van der Waals surface area contributed by atoms with E-state index in [1.807, 2.05) is 0 Å². The molecule has 2 aliphatic rings. The van der Waals surface area contributed by atoms with Crippen LogP contribution < -0.4 is 5.32 Å². The zero-order valence-electron chi connectivity index (χ0n) is 15.4. The van der Waals surface area contributed by atoms with Gasteiger partial charge in [-0.2, -0.15) is 4.31 Å². The van der Waals surface area contributed by atoms with Crippen LogP contribution in [-0.2, 0) is 14.8 Å². The Morgan fingerprint density at radius 1 is 1.04 bits per heavy atom. The molecule has 1 N–H and O–H groups in total. The van der Waals surface area contributed by atoms with Crippen LogP contribution in [0.25, 0.3) is 0 Å². The van der Waals surface area contributed by atoms with Crippen LogP contribution in [0.15, 0.2) is 35.2 Å². The molecule has 5 nitrogen and oxygen atoms in total. The van der Waals surface area contributed by atoms with Crippen molar-refractivity contribution in [3.63, 3.8) is 0 Å². The highest BCUT2D eigenvalue weighted by Crippen LogP contribution is 2.28. The number of benzene rings is 1. The van der Waals surface area contributed by atoms with E-state index in [1.165, 1.54) is 36.4 Å². The first-order chi connectivity index (χ1) is 12.6. The second-order valence-corrected chi connectivity index (χ2v) is 9.41. The molecular weight excluding hydrogens is 348 g/mol. The molecule has 1 aromatic rings. The molecule has 144 valence electrons. The van der Waals surface area contributed by atoms with Crippen LogP contribution in [0.5, 0.6) is 0 Å². The summed E-state index contributed by atoms with van der Waals surface area (Å²) < 4.78 is 27.0. The molecular formula is C20H30N2O3S. The largest absolute Gasteiger partial charge is 0.355 e. The van der Waals surface area contributed by atoms with Crippen LogP contribution in [0.3, 0.4) is 0 Å². The van der Waals surface area contributed by atoms with Crippen molar-refractivity contribution in [2.24, 2.45) is 5.92 Å². The van der Waals surface area contributed by atoms with Crippen molar-refractivity contribution >= 4 is 15.9 Å². The van der Waals surface area contributed by atoms with Gasteiger partial charge < -0.3 is 5.32 Å². The standard InChI is InChI=1S/C20H30N2O3S/c23-20(21-15-7-11-17-9-3-1-4-10-17)19-14-8-16-22(19)26(24,25)18-12-5-2-6-13-18/h2,5-6,12-13,17,19H,1,3-4,7-11,14-16H2,(H,21,23). The zero-order valence-corrected chi connectivity index (χ0v) is 16.2. The van der Waals surface area contributed by atoms with E-state index in [1.54, 1.807) is 30.3 Å². The van der Waals surface area contributed by atoms with Gasteiger partial charge >= 0.3 is 0 Å². The zero-order chi connectivity index (χ0) is 18.4. The summed E-state index contributed by atoms with van der Waals surface area (Å²) in [6.45, 7) is 1.06. The smallest absolute Gasteiger partial charge is 0.243 e. The first kappa shape index (κ1) is 19.4. The average Bonchev–Trinajstić information content (AvgIpc) is 3.17. The van der Waals surface area contributed by atoms with E-state index in [0.29, 0.717) is 19.5 Å². The SMILES string of the molecule is O=C(NCCCC1CCCCC1)C1CCCN1S(=O)(=O)c1ccccc1. The van der Waals surface area contributed by atoms with Crippen molar-refractivity contribution in [1.29, 1.82) is 0 Å². The van der Waals surface area contributed by atoms with Crippen molar-refractivity contribution in [2.45, 2.75) is 68.7 Å². The Hall–Kier alpha value is -1.40. The second kappa shape index (κ2) is 9.00. The summed E-state index contributed by atoms with van der Waals surface area (Å²) in [4.78, 5) is 12.8. The average molecular weight is 379 g/mol. The van der Waals surface area contributed by atoms with Gasteiger partial charge in [0.15, 0.2) is 0 Å². The van der Waals surface area contributed by atoms with Gasteiger partial charge in [-0.25, -0.2) is 8.42 Å². The van der Waals surface area contributed by atoms with E-state index in [0.717, 1.165) is 25.2 Å². The molecule has 2 fully saturated rings. The summed E-state index contributed by atoms with van der Waals surface area (Å²) in [7, 11) is -3.61. The van der Waals surface area contributed by atoms with Crippen molar-refractivity contribution in [1.82, 2.24) is 9.62 Å². The number of hydrogen-bond acceptors (Lipinski definition) is 3.